The largest absolute Gasteiger partial charge is 0.444 e. The van der Waals surface area contributed by atoms with E-state index in [2.05, 4.69) is 30.2 Å². The van der Waals surface area contributed by atoms with Crippen molar-refractivity contribution < 1.29 is 13.3 Å². The van der Waals surface area contributed by atoms with Gasteiger partial charge < -0.3 is 19.2 Å². The average molecular weight is 412 g/mol. The van der Waals surface area contributed by atoms with Gasteiger partial charge in [0.1, 0.15) is 18.3 Å². The van der Waals surface area contributed by atoms with Crippen molar-refractivity contribution >= 4 is 5.96 Å². The topological polar surface area (TPSA) is 82.9 Å². The Hall–Kier alpha value is -3.20. The van der Waals surface area contributed by atoms with Crippen LogP contribution in [0.3, 0.4) is 0 Å². The molecule has 0 bridgehead atoms. The van der Waals surface area contributed by atoms with E-state index in [1.807, 2.05) is 6.07 Å². The van der Waals surface area contributed by atoms with Crippen molar-refractivity contribution in [3.8, 4) is 11.5 Å². The summed E-state index contributed by atoms with van der Waals surface area (Å²) in [5, 5.41) is 7.38. The Bertz CT molecular complexity index is 946. The van der Waals surface area contributed by atoms with E-state index >= 15 is 0 Å². The van der Waals surface area contributed by atoms with Gasteiger partial charge in [-0.15, -0.1) is 0 Å². The smallest absolute Gasteiger partial charge is 0.226 e. The number of nitrogens with one attached hydrogen (secondary N) is 1. The van der Waals surface area contributed by atoms with Gasteiger partial charge in [0.2, 0.25) is 5.89 Å². The summed E-state index contributed by atoms with van der Waals surface area (Å²) >= 11 is 0. The first-order valence-electron chi connectivity index (χ1n) is 9.99. The monoisotopic (exact) mass is 412 g/mol. The van der Waals surface area contributed by atoms with Gasteiger partial charge in [0.15, 0.2) is 5.96 Å². The van der Waals surface area contributed by atoms with E-state index < -0.39 is 0 Å². The van der Waals surface area contributed by atoms with Crippen LogP contribution in [0, 0.1) is 5.82 Å². The third-order valence-corrected chi connectivity index (χ3v) is 5.07. The van der Waals surface area contributed by atoms with Crippen LogP contribution in [-0.4, -0.2) is 65.7 Å². The predicted octanol–water partition coefficient (Wildman–Crippen LogP) is 2.40. The molecule has 1 N–H and O–H groups in total. The molecule has 0 atom stereocenters. The van der Waals surface area contributed by atoms with Gasteiger partial charge in [0, 0.05) is 64.4 Å². The Kier molecular flexibility index (Phi) is 6.38. The maximum absolute atomic E-state index is 13.1. The predicted molar refractivity (Wildman–Crippen MR) is 110 cm³/mol. The SMILES string of the molecule is CN=C(NCCc1coc(-c2ccc(F)cc2)n1)N1CCN(Cc2ccon2)CC1. The van der Waals surface area contributed by atoms with Crippen LogP contribution < -0.4 is 5.32 Å². The standard InChI is InChI=1S/C21H25FN6O2/c1-23-21(28-11-9-27(10-12-28)14-18-7-13-30-26-18)24-8-6-19-15-29-20(25-19)16-2-4-17(22)5-3-16/h2-5,7,13,15H,6,8-12,14H2,1H3,(H,23,24). The summed E-state index contributed by atoms with van der Waals surface area (Å²) in [6, 6.07) is 8.02. The minimum Gasteiger partial charge on any atom is -0.444 e. The van der Waals surface area contributed by atoms with Crippen LogP contribution in [0.2, 0.25) is 0 Å². The van der Waals surface area contributed by atoms with Crippen LogP contribution in [0.5, 0.6) is 0 Å². The molecule has 1 aromatic carbocycles. The number of oxazole rings is 1. The van der Waals surface area contributed by atoms with Crippen LogP contribution in [0.25, 0.3) is 11.5 Å². The molecule has 3 aromatic rings. The number of hydrogen-bond donors (Lipinski definition) is 1. The van der Waals surface area contributed by atoms with Crippen LogP contribution in [0.4, 0.5) is 4.39 Å². The second kappa shape index (κ2) is 9.53. The summed E-state index contributed by atoms with van der Waals surface area (Å²) in [6.07, 6.45) is 3.95. The highest BCUT2D eigenvalue weighted by Gasteiger charge is 2.20. The number of rotatable bonds is 6. The zero-order valence-electron chi connectivity index (χ0n) is 16.9. The van der Waals surface area contributed by atoms with E-state index in [9.17, 15) is 4.39 Å². The molecule has 1 fully saturated rings. The molecule has 1 aliphatic rings. The number of aromatic nitrogens is 2. The molecular weight excluding hydrogens is 387 g/mol. The molecule has 0 saturated carbocycles. The molecule has 0 aliphatic carbocycles. The molecule has 1 aliphatic heterocycles. The molecule has 0 spiro atoms. The summed E-state index contributed by atoms with van der Waals surface area (Å²) in [5.41, 5.74) is 2.56. The Morgan fingerprint density at radius 2 is 1.93 bits per heavy atom. The number of hydrogen-bond acceptors (Lipinski definition) is 6. The minimum absolute atomic E-state index is 0.278. The zero-order valence-corrected chi connectivity index (χ0v) is 16.9. The van der Waals surface area contributed by atoms with Crippen molar-refractivity contribution in [3.63, 3.8) is 0 Å². The van der Waals surface area contributed by atoms with Crippen molar-refractivity contribution in [1.82, 2.24) is 25.3 Å². The van der Waals surface area contributed by atoms with E-state index in [1.165, 1.54) is 12.1 Å². The Labute approximate surface area is 174 Å². The lowest BCUT2D eigenvalue weighted by molar-refractivity contribution is 0.169. The third-order valence-electron chi connectivity index (χ3n) is 5.07. The molecule has 2 aromatic heterocycles. The highest BCUT2D eigenvalue weighted by atomic mass is 19.1. The summed E-state index contributed by atoms with van der Waals surface area (Å²) in [5.74, 6) is 1.11. The van der Waals surface area contributed by atoms with E-state index in [4.69, 9.17) is 8.94 Å². The number of benzene rings is 1. The van der Waals surface area contributed by atoms with E-state index in [0.29, 0.717) is 18.9 Å². The molecule has 1 saturated heterocycles. The van der Waals surface area contributed by atoms with E-state index in [1.54, 1.807) is 31.7 Å². The summed E-state index contributed by atoms with van der Waals surface area (Å²) < 4.78 is 23.5. The molecular formula is C21H25FN6O2. The molecule has 30 heavy (non-hydrogen) atoms. The van der Waals surface area contributed by atoms with E-state index in [0.717, 1.165) is 55.6 Å². The molecule has 9 heteroatoms. The summed E-state index contributed by atoms with van der Waals surface area (Å²) in [6.45, 7) is 5.18. The van der Waals surface area contributed by atoms with Crippen molar-refractivity contribution in [2.75, 3.05) is 39.8 Å². The second-order valence-corrected chi connectivity index (χ2v) is 7.13. The Balaban J connectivity index is 1.23. The number of aliphatic imine (C=N–C) groups is 1. The third kappa shape index (κ3) is 5.04. The molecule has 158 valence electrons. The molecule has 0 unspecified atom stereocenters. The first-order valence-corrected chi connectivity index (χ1v) is 9.99. The Morgan fingerprint density at radius 3 is 2.63 bits per heavy atom. The maximum Gasteiger partial charge on any atom is 0.226 e. The molecule has 0 radical (unpaired) electrons. The summed E-state index contributed by atoms with van der Waals surface area (Å²) in [7, 11) is 1.80. The van der Waals surface area contributed by atoms with Crippen molar-refractivity contribution in [2.45, 2.75) is 13.0 Å². The van der Waals surface area contributed by atoms with Crippen LogP contribution >= 0.6 is 0 Å². The van der Waals surface area contributed by atoms with Gasteiger partial charge in [-0.2, -0.15) is 0 Å². The quantitative estimate of drug-likeness (QED) is 0.492. The fourth-order valence-electron chi connectivity index (χ4n) is 3.45. The highest BCUT2D eigenvalue weighted by Crippen LogP contribution is 2.19. The van der Waals surface area contributed by atoms with Crippen LogP contribution in [-0.2, 0) is 13.0 Å². The fourth-order valence-corrected chi connectivity index (χ4v) is 3.45. The minimum atomic E-state index is -0.278. The van der Waals surface area contributed by atoms with Crippen LogP contribution in [0.1, 0.15) is 11.4 Å². The van der Waals surface area contributed by atoms with Gasteiger partial charge in [-0.05, 0) is 24.3 Å². The van der Waals surface area contributed by atoms with Crippen molar-refractivity contribution in [3.05, 3.63) is 60.1 Å². The summed E-state index contributed by atoms with van der Waals surface area (Å²) in [4.78, 5) is 13.5. The van der Waals surface area contributed by atoms with Crippen molar-refractivity contribution in [1.29, 1.82) is 0 Å². The van der Waals surface area contributed by atoms with Crippen LogP contribution in [0.15, 0.2) is 56.8 Å². The molecule has 3 heterocycles. The average Bonchev–Trinajstić information content (AvgIpc) is 3.45. The van der Waals surface area contributed by atoms with Gasteiger partial charge >= 0.3 is 0 Å². The number of halogens is 1. The lowest BCUT2D eigenvalue weighted by Crippen LogP contribution is -2.52. The van der Waals surface area contributed by atoms with Gasteiger partial charge in [-0.3, -0.25) is 9.89 Å². The number of guanidine groups is 1. The number of piperazine rings is 1. The lowest BCUT2D eigenvalue weighted by Gasteiger charge is -2.36. The first kappa shape index (κ1) is 20.1. The van der Waals surface area contributed by atoms with Gasteiger partial charge in [-0.1, -0.05) is 5.16 Å². The maximum atomic E-state index is 13.1. The highest BCUT2D eigenvalue weighted by molar-refractivity contribution is 5.80. The molecule has 0 amide bonds. The molecule has 8 nitrogen and oxygen atoms in total. The Morgan fingerprint density at radius 1 is 1.13 bits per heavy atom. The van der Waals surface area contributed by atoms with Gasteiger partial charge in [-0.25, -0.2) is 9.37 Å². The van der Waals surface area contributed by atoms with Gasteiger partial charge in [0.25, 0.3) is 0 Å². The second-order valence-electron chi connectivity index (χ2n) is 7.13. The molecule has 4 rings (SSSR count). The lowest BCUT2D eigenvalue weighted by atomic mass is 10.2. The fraction of sp³-hybridized carbons (Fsp3) is 0.381. The normalized spacial score (nSPS) is 15.5. The van der Waals surface area contributed by atoms with E-state index in [-0.39, 0.29) is 5.82 Å². The first-order chi connectivity index (χ1) is 14.7. The number of nitrogens with zero attached hydrogens (tertiary/aromatic N) is 5. The zero-order chi connectivity index (χ0) is 20.8. The van der Waals surface area contributed by atoms with Gasteiger partial charge in [0.05, 0.1) is 11.4 Å². The van der Waals surface area contributed by atoms with Crippen molar-refractivity contribution in [2.24, 2.45) is 4.99 Å².